The number of aliphatic hydroxyl groups is 1. The van der Waals surface area contributed by atoms with Crippen molar-refractivity contribution in [2.45, 2.75) is 50.6 Å². The molecule has 2 aromatic rings. The number of rotatable bonds is 9. The van der Waals surface area contributed by atoms with Gasteiger partial charge in [-0.05, 0) is 70.8 Å². The van der Waals surface area contributed by atoms with Crippen LogP contribution < -0.4 is 15.4 Å². The molecule has 8 nitrogen and oxygen atoms in total. The van der Waals surface area contributed by atoms with Crippen LogP contribution in [0.15, 0.2) is 42.5 Å². The molecule has 4 amide bonds. The van der Waals surface area contributed by atoms with Gasteiger partial charge < -0.3 is 20.5 Å². The van der Waals surface area contributed by atoms with Crippen LogP contribution in [0.25, 0.3) is 0 Å². The number of carbonyl (C=O) groups excluding carboxylic acids is 3. The van der Waals surface area contributed by atoms with Gasteiger partial charge in [0.1, 0.15) is 30.3 Å². The van der Waals surface area contributed by atoms with Crippen LogP contribution in [-0.4, -0.2) is 47.1 Å². The summed E-state index contributed by atoms with van der Waals surface area (Å²) in [5.41, 5.74) is 0.559. The highest BCUT2D eigenvalue weighted by Gasteiger charge is 2.46. The summed E-state index contributed by atoms with van der Waals surface area (Å²) in [4.78, 5) is 40.9. The lowest BCUT2D eigenvalue weighted by Gasteiger charge is -2.30. The molecule has 10 heteroatoms. The minimum Gasteiger partial charge on any atom is -0.491 e. The lowest BCUT2D eigenvalue weighted by Crippen LogP contribution is -2.48. The minimum atomic E-state index is -1.06. The van der Waals surface area contributed by atoms with E-state index in [1.807, 2.05) is 22.6 Å². The third kappa shape index (κ3) is 6.15. The fourth-order valence-corrected chi connectivity index (χ4v) is 5.26. The Balaban J connectivity index is 1.56. The predicted molar refractivity (Wildman–Crippen MR) is 140 cm³/mol. The number of halogens is 2. The Morgan fingerprint density at radius 2 is 1.89 bits per heavy atom. The van der Waals surface area contributed by atoms with Crippen molar-refractivity contribution in [2.24, 2.45) is 5.92 Å². The zero-order chi connectivity index (χ0) is 25.7. The van der Waals surface area contributed by atoms with E-state index in [0.717, 1.165) is 37.0 Å². The second-order valence-corrected chi connectivity index (χ2v) is 10.3. The molecule has 1 aliphatic heterocycles. The van der Waals surface area contributed by atoms with Gasteiger partial charge in [-0.2, -0.15) is 0 Å². The predicted octanol–water partition coefficient (Wildman–Crippen LogP) is 4.37. The van der Waals surface area contributed by atoms with Crippen LogP contribution in [0.5, 0.6) is 5.75 Å². The molecule has 1 saturated heterocycles. The zero-order valence-electron chi connectivity index (χ0n) is 19.7. The summed E-state index contributed by atoms with van der Waals surface area (Å²) in [6.07, 6.45) is 5.38. The van der Waals surface area contributed by atoms with Gasteiger partial charge in [0, 0.05) is 3.57 Å². The maximum Gasteiger partial charge on any atom is 0.325 e. The molecule has 3 N–H and O–H groups in total. The Hall–Kier alpha value is -2.73. The molecule has 0 bridgehead atoms. The van der Waals surface area contributed by atoms with Gasteiger partial charge in [0.05, 0.1) is 12.3 Å². The van der Waals surface area contributed by atoms with Gasteiger partial charge in [0.15, 0.2) is 0 Å². The normalized spacial score (nSPS) is 19.2. The van der Waals surface area contributed by atoms with E-state index in [-0.39, 0.29) is 24.8 Å². The van der Waals surface area contributed by atoms with Crippen LogP contribution >= 0.6 is 22.6 Å². The van der Waals surface area contributed by atoms with Crippen molar-refractivity contribution in [1.29, 1.82) is 0 Å². The lowest BCUT2D eigenvalue weighted by molar-refractivity contribution is -0.134. The average molecular weight is 609 g/mol. The van der Waals surface area contributed by atoms with Crippen LogP contribution in [0.1, 0.15) is 50.1 Å². The summed E-state index contributed by atoms with van der Waals surface area (Å²) in [6.45, 7) is 0.0236. The number of imide groups is 1. The Morgan fingerprint density at radius 3 is 2.56 bits per heavy atom. The van der Waals surface area contributed by atoms with Gasteiger partial charge in [-0.3, -0.25) is 9.59 Å². The summed E-state index contributed by atoms with van der Waals surface area (Å²) in [5.74, 6) is -0.972. The number of hydrogen-bond acceptors (Lipinski definition) is 5. The number of urea groups is 1. The Labute approximate surface area is 222 Å². The number of hydrogen-bond donors (Lipinski definition) is 3. The van der Waals surface area contributed by atoms with Crippen LogP contribution in [0, 0.1) is 15.3 Å². The summed E-state index contributed by atoms with van der Waals surface area (Å²) < 4.78 is 20.5. The number of anilines is 1. The maximum atomic E-state index is 14.5. The van der Waals surface area contributed by atoms with E-state index in [1.54, 1.807) is 30.3 Å². The molecule has 1 unspecified atom stereocenters. The minimum absolute atomic E-state index is 0.0103. The standard InChI is InChI=1S/C26H29FIN3O5/c27-20-15-18(28)8-11-21(20)29-24(33)22(14-16-4-2-1-3-5-16)31-25(34)23(30-26(31)35)17-6-9-19(10-7-17)36-13-12-32/h6-11,15-16,22-23,32H,1-5,12-14H2,(H,29,33)(H,30,35)/t22?,23-/m1/s1. The van der Waals surface area contributed by atoms with Crippen molar-refractivity contribution in [3.63, 3.8) is 0 Å². The topological polar surface area (TPSA) is 108 Å². The highest BCUT2D eigenvalue weighted by Crippen LogP contribution is 2.32. The number of benzene rings is 2. The number of ether oxygens (including phenoxy) is 1. The number of nitrogens with zero attached hydrogens (tertiary/aromatic N) is 1. The Kier molecular flexibility index (Phi) is 8.78. The van der Waals surface area contributed by atoms with E-state index in [1.165, 1.54) is 12.1 Å². The van der Waals surface area contributed by atoms with Crippen LogP contribution in [0.4, 0.5) is 14.9 Å². The van der Waals surface area contributed by atoms with Crippen LogP contribution in [0.2, 0.25) is 0 Å². The highest BCUT2D eigenvalue weighted by molar-refractivity contribution is 14.1. The quantitative estimate of drug-likeness (QED) is 0.289. The summed E-state index contributed by atoms with van der Waals surface area (Å²) in [5, 5.41) is 14.2. The van der Waals surface area contributed by atoms with Crippen LogP contribution in [0.3, 0.4) is 0 Å². The molecule has 192 valence electrons. The van der Waals surface area contributed by atoms with Gasteiger partial charge >= 0.3 is 6.03 Å². The number of aliphatic hydroxyl groups excluding tert-OH is 1. The first-order valence-corrected chi connectivity index (χ1v) is 13.2. The van der Waals surface area contributed by atoms with E-state index >= 15 is 0 Å². The fourth-order valence-electron chi connectivity index (χ4n) is 4.81. The van der Waals surface area contributed by atoms with Gasteiger partial charge in [0.25, 0.3) is 5.91 Å². The largest absolute Gasteiger partial charge is 0.491 e. The van der Waals surface area contributed by atoms with Gasteiger partial charge in [0.2, 0.25) is 5.91 Å². The molecule has 0 spiro atoms. The number of amides is 4. The highest BCUT2D eigenvalue weighted by atomic mass is 127. The first-order valence-electron chi connectivity index (χ1n) is 12.1. The fraction of sp³-hybridized carbons (Fsp3) is 0.423. The molecule has 1 aliphatic carbocycles. The first kappa shape index (κ1) is 26.3. The van der Waals surface area contributed by atoms with Gasteiger partial charge in [-0.25, -0.2) is 14.1 Å². The third-order valence-electron chi connectivity index (χ3n) is 6.63. The molecule has 1 heterocycles. The SMILES string of the molecule is O=C(Nc1ccc(I)cc1F)C(CC1CCCCC1)N1C(=O)N[C@H](c2ccc(OCCO)cc2)C1=O. The smallest absolute Gasteiger partial charge is 0.325 e. The molecular formula is C26H29FIN3O5. The molecule has 4 rings (SSSR count). The summed E-state index contributed by atoms with van der Waals surface area (Å²) in [7, 11) is 0. The Morgan fingerprint density at radius 1 is 1.17 bits per heavy atom. The molecule has 2 aromatic carbocycles. The van der Waals surface area contributed by atoms with Crippen molar-refractivity contribution < 1.29 is 28.6 Å². The third-order valence-corrected chi connectivity index (χ3v) is 7.30. The lowest BCUT2D eigenvalue weighted by atomic mass is 9.84. The Bertz CT molecular complexity index is 1110. The summed E-state index contributed by atoms with van der Waals surface area (Å²) >= 11 is 1.98. The summed E-state index contributed by atoms with van der Waals surface area (Å²) in [6, 6.07) is 8.44. The van der Waals surface area contributed by atoms with Crippen molar-refractivity contribution in [2.75, 3.05) is 18.5 Å². The van der Waals surface area contributed by atoms with Crippen LogP contribution in [-0.2, 0) is 9.59 Å². The molecule has 0 aromatic heterocycles. The van der Waals surface area contributed by atoms with E-state index in [9.17, 15) is 18.8 Å². The molecular weight excluding hydrogens is 580 g/mol. The maximum absolute atomic E-state index is 14.5. The van der Waals surface area contributed by atoms with Crippen molar-refractivity contribution in [1.82, 2.24) is 10.2 Å². The van der Waals surface area contributed by atoms with E-state index < -0.39 is 35.7 Å². The zero-order valence-corrected chi connectivity index (χ0v) is 21.9. The second kappa shape index (κ2) is 12.0. The molecule has 0 radical (unpaired) electrons. The van der Waals surface area contributed by atoms with Crippen molar-refractivity contribution in [3.8, 4) is 5.75 Å². The molecule has 2 aliphatic rings. The van der Waals surface area contributed by atoms with E-state index in [0.29, 0.717) is 21.3 Å². The van der Waals surface area contributed by atoms with E-state index in [4.69, 9.17) is 9.84 Å². The van der Waals surface area contributed by atoms with Crippen molar-refractivity contribution >= 4 is 46.1 Å². The number of nitrogens with one attached hydrogen (secondary N) is 2. The van der Waals surface area contributed by atoms with Gasteiger partial charge in [-0.15, -0.1) is 0 Å². The first-order chi connectivity index (χ1) is 17.4. The molecule has 2 fully saturated rings. The second-order valence-electron chi connectivity index (χ2n) is 9.10. The molecule has 1 saturated carbocycles. The molecule has 2 atom stereocenters. The number of carbonyl (C=O) groups is 3. The van der Waals surface area contributed by atoms with E-state index in [2.05, 4.69) is 10.6 Å². The van der Waals surface area contributed by atoms with Gasteiger partial charge in [-0.1, -0.05) is 44.2 Å². The van der Waals surface area contributed by atoms with Crippen molar-refractivity contribution in [3.05, 3.63) is 57.4 Å². The molecule has 36 heavy (non-hydrogen) atoms. The monoisotopic (exact) mass is 609 g/mol. The average Bonchev–Trinajstić information content (AvgIpc) is 3.17.